The van der Waals surface area contributed by atoms with Gasteiger partial charge in [0.25, 0.3) is 0 Å². The van der Waals surface area contributed by atoms with E-state index in [1.807, 2.05) is 21.1 Å². The number of hydrogen-bond acceptors (Lipinski definition) is 1. The summed E-state index contributed by atoms with van der Waals surface area (Å²) in [5.74, 6) is 0.0422. The summed E-state index contributed by atoms with van der Waals surface area (Å²) in [5.41, 5.74) is 0.516. The first-order valence-electron chi connectivity index (χ1n) is 5.08. The van der Waals surface area contributed by atoms with Crippen molar-refractivity contribution in [2.45, 2.75) is 6.42 Å². The van der Waals surface area contributed by atoms with Crippen LogP contribution in [-0.4, -0.2) is 38.0 Å². The van der Waals surface area contributed by atoms with E-state index in [0.29, 0.717) is 22.0 Å². The van der Waals surface area contributed by atoms with Crippen LogP contribution in [0.1, 0.15) is 16.8 Å². The van der Waals surface area contributed by atoms with Gasteiger partial charge < -0.3 is 4.48 Å². The second-order valence-corrected chi connectivity index (χ2v) is 5.65. The lowest BCUT2D eigenvalue weighted by atomic mass is 10.1. The molecule has 0 bridgehead atoms. The Kier molecular flexibility index (Phi) is 4.36. The van der Waals surface area contributed by atoms with Crippen LogP contribution in [0.3, 0.4) is 0 Å². The van der Waals surface area contributed by atoms with E-state index in [1.165, 1.54) is 0 Å². The van der Waals surface area contributed by atoms with Gasteiger partial charge in [-0.05, 0) is 18.2 Å². The zero-order chi connectivity index (χ0) is 12.3. The maximum atomic E-state index is 11.9. The summed E-state index contributed by atoms with van der Waals surface area (Å²) in [6.45, 7) is 0.779. The van der Waals surface area contributed by atoms with Gasteiger partial charge in [0.2, 0.25) is 0 Å². The molecule has 2 nitrogen and oxygen atoms in total. The number of carbonyl (C=O) groups is 1. The Bertz CT molecular complexity index is 396. The summed E-state index contributed by atoms with van der Waals surface area (Å²) < 4.78 is 0.754. The normalized spacial score (nSPS) is 11.6. The molecule has 0 unspecified atom stereocenters. The van der Waals surface area contributed by atoms with Crippen molar-refractivity contribution in [1.29, 1.82) is 0 Å². The van der Waals surface area contributed by atoms with Crippen molar-refractivity contribution in [2.75, 3.05) is 27.7 Å². The van der Waals surface area contributed by atoms with Crippen LogP contribution in [-0.2, 0) is 0 Å². The first-order chi connectivity index (χ1) is 7.29. The Balaban J connectivity index is 2.77. The number of rotatable bonds is 4. The van der Waals surface area contributed by atoms with Crippen LogP contribution in [0.25, 0.3) is 0 Å². The molecule has 0 fully saturated rings. The second-order valence-electron chi connectivity index (χ2n) is 4.81. The van der Waals surface area contributed by atoms with Crippen LogP contribution in [0.5, 0.6) is 0 Å². The van der Waals surface area contributed by atoms with E-state index in [4.69, 9.17) is 23.2 Å². The van der Waals surface area contributed by atoms with Crippen molar-refractivity contribution < 1.29 is 9.28 Å². The molecule has 1 rings (SSSR count). The molecule has 1 aromatic rings. The number of quaternary nitrogens is 1. The minimum Gasteiger partial charge on any atom is -0.331 e. The maximum Gasteiger partial charge on any atom is 0.170 e. The molecule has 0 heterocycles. The number of hydrogen-bond donors (Lipinski definition) is 0. The van der Waals surface area contributed by atoms with Gasteiger partial charge in [0, 0.05) is 10.6 Å². The highest BCUT2D eigenvalue weighted by molar-refractivity contribution is 6.35. The van der Waals surface area contributed by atoms with E-state index < -0.39 is 0 Å². The summed E-state index contributed by atoms with van der Waals surface area (Å²) in [6, 6.07) is 4.96. The highest BCUT2D eigenvalue weighted by Crippen LogP contribution is 2.22. The number of ketones is 1. The summed E-state index contributed by atoms with van der Waals surface area (Å²) in [6.07, 6.45) is 0.476. The number of benzene rings is 1. The number of Topliss-reactive ketones (excluding diaryl/α,β-unsaturated/α-hetero) is 1. The molecule has 0 aliphatic carbocycles. The van der Waals surface area contributed by atoms with Crippen LogP contribution in [0.15, 0.2) is 18.2 Å². The van der Waals surface area contributed by atoms with Gasteiger partial charge in [-0.15, -0.1) is 0 Å². The van der Waals surface area contributed by atoms with Gasteiger partial charge in [-0.1, -0.05) is 23.2 Å². The minimum absolute atomic E-state index is 0.0422. The van der Waals surface area contributed by atoms with Gasteiger partial charge in [-0.3, -0.25) is 4.79 Å². The lowest BCUT2D eigenvalue weighted by Gasteiger charge is -2.23. The number of halogens is 2. The lowest BCUT2D eigenvalue weighted by Crippen LogP contribution is -2.36. The Morgan fingerprint density at radius 2 is 1.88 bits per heavy atom. The topological polar surface area (TPSA) is 17.1 Å². The fourth-order valence-corrected chi connectivity index (χ4v) is 1.68. The van der Waals surface area contributed by atoms with Gasteiger partial charge in [0.15, 0.2) is 5.78 Å². The molecular weight excluding hydrogens is 245 g/mol. The summed E-state index contributed by atoms with van der Waals surface area (Å²) in [7, 11) is 6.15. The van der Waals surface area contributed by atoms with Gasteiger partial charge in [0.1, 0.15) is 0 Å². The summed E-state index contributed by atoms with van der Waals surface area (Å²) in [4.78, 5) is 11.9. The van der Waals surface area contributed by atoms with Gasteiger partial charge in [-0.2, -0.15) is 0 Å². The molecule has 0 spiro atoms. The molecule has 0 aliphatic rings. The fourth-order valence-electron chi connectivity index (χ4n) is 1.28. The zero-order valence-electron chi connectivity index (χ0n) is 9.76. The van der Waals surface area contributed by atoms with E-state index in [0.717, 1.165) is 11.0 Å². The van der Waals surface area contributed by atoms with Crippen LogP contribution in [0.4, 0.5) is 0 Å². The van der Waals surface area contributed by atoms with Crippen LogP contribution in [0.2, 0.25) is 10.0 Å². The largest absolute Gasteiger partial charge is 0.331 e. The molecule has 0 amide bonds. The molecule has 0 saturated heterocycles. The third-order valence-electron chi connectivity index (χ3n) is 2.24. The highest BCUT2D eigenvalue weighted by Gasteiger charge is 2.15. The molecular formula is C12H16Cl2NO+. The van der Waals surface area contributed by atoms with Crippen molar-refractivity contribution in [3.8, 4) is 0 Å². The molecule has 0 N–H and O–H groups in total. The standard InChI is InChI=1S/C12H16Cl2NO/c1-15(2,3)7-6-12(16)10-8-9(13)4-5-11(10)14/h4-5,8H,6-7H2,1-3H3/q+1. The predicted molar refractivity (Wildman–Crippen MR) is 68.3 cm³/mol. The molecule has 1 aromatic carbocycles. The monoisotopic (exact) mass is 260 g/mol. The molecule has 88 valence electrons. The molecule has 0 radical (unpaired) electrons. The Labute approximate surface area is 106 Å². The average molecular weight is 261 g/mol. The first kappa shape index (κ1) is 13.5. The van der Waals surface area contributed by atoms with Crippen LogP contribution < -0.4 is 0 Å². The van der Waals surface area contributed by atoms with Gasteiger partial charge in [0.05, 0.1) is 39.1 Å². The lowest BCUT2D eigenvalue weighted by molar-refractivity contribution is -0.869. The molecule has 0 saturated carbocycles. The summed E-state index contributed by atoms with van der Waals surface area (Å²) >= 11 is 11.8. The van der Waals surface area contributed by atoms with E-state index in [2.05, 4.69) is 0 Å². The average Bonchev–Trinajstić information content (AvgIpc) is 2.17. The van der Waals surface area contributed by atoms with Crippen molar-refractivity contribution in [1.82, 2.24) is 0 Å². The molecule has 0 aromatic heterocycles. The second kappa shape index (κ2) is 5.17. The fraction of sp³-hybridized carbons (Fsp3) is 0.417. The van der Waals surface area contributed by atoms with Crippen molar-refractivity contribution >= 4 is 29.0 Å². The quantitative estimate of drug-likeness (QED) is 0.600. The van der Waals surface area contributed by atoms with Gasteiger partial charge >= 0.3 is 0 Å². The van der Waals surface area contributed by atoms with E-state index in [9.17, 15) is 4.79 Å². The Morgan fingerprint density at radius 3 is 2.44 bits per heavy atom. The smallest absolute Gasteiger partial charge is 0.170 e. The van der Waals surface area contributed by atoms with Gasteiger partial charge in [-0.25, -0.2) is 0 Å². The predicted octanol–water partition coefficient (Wildman–Crippen LogP) is 3.27. The molecule has 0 atom stereocenters. The van der Waals surface area contributed by atoms with Crippen LogP contribution in [0, 0.1) is 0 Å². The SMILES string of the molecule is C[N+](C)(C)CCC(=O)c1cc(Cl)ccc1Cl. The van der Waals surface area contributed by atoms with Crippen molar-refractivity contribution in [3.63, 3.8) is 0 Å². The highest BCUT2D eigenvalue weighted by atomic mass is 35.5. The third-order valence-corrected chi connectivity index (χ3v) is 2.80. The van der Waals surface area contributed by atoms with Crippen molar-refractivity contribution in [2.24, 2.45) is 0 Å². The maximum absolute atomic E-state index is 11.9. The number of carbonyl (C=O) groups excluding carboxylic acids is 1. The van der Waals surface area contributed by atoms with E-state index >= 15 is 0 Å². The molecule has 16 heavy (non-hydrogen) atoms. The van der Waals surface area contributed by atoms with E-state index in [-0.39, 0.29) is 5.78 Å². The molecule has 0 aliphatic heterocycles. The minimum atomic E-state index is 0.0422. The Morgan fingerprint density at radius 1 is 1.25 bits per heavy atom. The first-order valence-corrected chi connectivity index (χ1v) is 5.84. The third kappa shape index (κ3) is 4.12. The number of nitrogens with zero attached hydrogens (tertiary/aromatic N) is 1. The van der Waals surface area contributed by atoms with E-state index in [1.54, 1.807) is 18.2 Å². The zero-order valence-corrected chi connectivity index (χ0v) is 11.3. The summed E-state index contributed by atoms with van der Waals surface area (Å²) in [5, 5.41) is 1.01. The Hall–Kier alpha value is -0.570. The van der Waals surface area contributed by atoms with Crippen molar-refractivity contribution in [3.05, 3.63) is 33.8 Å². The molecule has 4 heteroatoms. The van der Waals surface area contributed by atoms with Crippen LogP contribution >= 0.6 is 23.2 Å².